The minimum atomic E-state index is -0.348. The van der Waals surface area contributed by atoms with Gasteiger partial charge in [-0.15, -0.1) is 11.3 Å². The Morgan fingerprint density at radius 2 is 1.69 bits per heavy atom. The molecule has 3 amide bonds. The van der Waals surface area contributed by atoms with Gasteiger partial charge in [-0.05, 0) is 61.0 Å². The summed E-state index contributed by atoms with van der Waals surface area (Å²) < 4.78 is 1.72. The number of nitrogens with one attached hydrogen (secondary N) is 3. The summed E-state index contributed by atoms with van der Waals surface area (Å²) in [4.78, 5) is 29.1. The van der Waals surface area contributed by atoms with E-state index in [2.05, 4.69) is 20.9 Å². The molecule has 0 fully saturated rings. The molecule has 3 aromatic carbocycles. The van der Waals surface area contributed by atoms with Gasteiger partial charge in [-0.1, -0.05) is 41.6 Å². The Morgan fingerprint density at radius 1 is 0.969 bits per heavy atom. The van der Waals surface area contributed by atoms with Crippen molar-refractivity contribution in [3.8, 4) is 0 Å². The second-order valence-electron chi connectivity index (χ2n) is 6.90. The van der Waals surface area contributed by atoms with E-state index < -0.39 is 0 Å². The molecule has 4 aromatic rings. The SMILES string of the molecule is Cc1ccccc1NC(=O)CSc1nc2ccc(NC(=O)Nc3ccc(Cl)cc3)cc2s1. The van der Waals surface area contributed by atoms with E-state index in [-0.39, 0.29) is 17.7 Å². The molecule has 32 heavy (non-hydrogen) atoms. The first-order valence-electron chi connectivity index (χ1n) is 9.69. The number of benzene rings is 3. The van der Waals surface area contributed by atoms with E-state index in [9.17, 15) is 9.59 Å². The van der Waals surface area contributed by atoms with Crippen LogP contribution in [-0.2, 0) is 4.79 Å². The average molecular weight is 483 g/mol. The smallest absolute Gasteiger partial charge is 0.323 e. The first-order valence-corrected chi connectivity index (χ1v) is 11.9. The normalized spacial score (nSPS) is 10.7. The maximum absolute atomic E-state index is 12.3. The number of hydrogen-bond acceptors (Lipinski definition) is 5. The Hall–Kier alpha value is -3.07. The van der Waals surface area contributed by atoms with Gasteiger partial charge in [0.05, 0.1) is 16.0 Å². The summed E-state index contributed by atoms with van der Waals surface area (Å²) in [6.07, 6.45) is 0. The molecule has 0 radical (unpaired) electrons. The van der Waals surface area contributed by atoms with Crippen molar-refractivity contribution < 1.29 is 9.59 Å². The zero-order valence-corrected chi connectivity index (χ0v) is 19.4. The topological polar surface area (TPSA) is 83.1 Å². The average Bonchev–Trinajstić information content (AvgIpc) is 3.18. The molecule has 162 valence electrons. The number of urea groups is 1. The lowest BCUT2D eigenvalue weighted by Gasteiger charge is -2.07. The van der Waals surface area contributed by atoms with Gasteiger partial charge < -0.3 is 16.0 Å². The van der Waals surface area contributed by atoms with E-state index in [1.54, 1.807) is 30.3 Å². The van der Waals surface area contributed by atoms with Crippen molar-refractivity contribution in [1.82, 2.24) is 4.98 Å². The Labute approximate surface area is 198 Å². The number of thioether (sulfide) groups is 1. The van der Waals surface area contributed by atoms with Crippen molar-refractivity contribution in [3.63, 3.8) is 0 Å². The molecule has 4 rings (SSSR count). The molecule has 9 heteroatoms. The third-order valence-corrected chi connectivity index (χ3v) is 6.89. The minimum absolute atomic E-state index is 0.0789. The number of thiazole rings is 1. The quantitative estimate of drug-likeness (QED) is 0.269. The number of halogens is 1. The first-order chi connectivity index (χ1) is 15.5. The number of hydrogen-bond donors (Lipinski definition) is 3. The number of carbonyl (C=O) groups excluding carboxylic acids is 2. The van der Waals surface area contributed by atoms with Crippen LogP contribution in [0, 0.1) is 6.92 Å². The lowest BCUT2D eigenvalue weighted by molar-refractivity contribution is -0.113. The predicted molar refractivity (Wildman–Crippen MR) is 134 cm³/mol. The lowest BCUT2D eigenvalue weighted by Crippen LogP contribution is -2.19. The van der Waals surface area contributed by atoms with Crippen LogP contribution >= 0.6 is 34.7 Å². The van der Waals surface area contributed by atoms with Gasteiger partial charge in [-0.2, -0.15) is 0 Å². The van der Waals surface area contributed by atoms with Crippen molar-refractivity contribution in [3.05, 3.63) is 77.3 Å². The van der Waals surface area contributed by atoms with Gasteiger partial charge in [0.1, 0.15) is 0 Å². The Kier molecular flexibility index (Phi) is 6.94. The minimum Gasteiger partial charge on any atom is -0.325 e. The van der Waals surface area contributed by atoms with Crippen LogP contribution in [-0.4, -0.2) is 22.7 Å². The number of para-hydroxylation sites is 1. The number of aromatic nitrogens is 1. The van der Waals surface area contributed by atoms with Crippen molar-refractivity contribution >= 4 is 73.9 Å². The standard InChI is InChI=1S/C23H19ClN4O2S2/c1-14-4-2-3-5-18(14)27-21(29)13-31-23-28-19-11-10-17(12-20(19)32-23)26-22(30)25-16-8-6-15(24)7-9-16/h2-12H,13H2,1H3,(H,27,29)(H2,25,26,30). The summed E-state index contributed by atoms with van der Waals surface area (Å²) in [5.74, 6) is 0.188. The number of fused-ring (bicyclic) bond motifs is 1. The Balaban J connectivity index is 1.35. The number of nitrogens with zero attached hydrogens (tertiary/aromatic N) is 1. The number of aryl methyl sites for hydroxylation is 1. The van der Waals surface area contributed by atoms with Crippen LogP contribution in [0.4, 0.5) is 21.9 Å². The van der Waals surface area contributed by atoms with E-state index in [0.717, 1.165) is 25.8 Å². The maximum atomic E-state index is 12.3. The van der Waals surface area contributed by atoms with Gasteiger partial charge in [-0.3, -0.25) is 4.79 Å². The molecular formula is C23H19ClN4O2S2. The number of carbonyl (C=O) groups is 2. The molecule has 1 heterocycles. The van der Waals surface area contributed by atoms with Crippen LogP contribution in [0.1, 0.15) is 5.56 Å². The lowest BCUT2D eigenvalue weighted by atomic mass is 10.2. The molecule has 0 atom stereocenters. The highest BCUT2D eigenvalue weighted by atomic mass is 35.5. The molecule has 0 bridgehead atoms. The number of anilines is 3. The van der Waals surface area contributed by atoms with Gasteiger partial charge in [0.15, 0.2) is 4.34 Å². The zero-order valence-electron chi connectivity index (χ0n) is 17.0. The second kappa shape index (κ2) is 10.0. The fraction of sp³-hybridized carbons (Fsp3) is 0.0870. The Bertz CT molecular complexity index is 1270. The molecule has 6 nitrogen and oxygen atoms in total. The largest absolute Gasteiger partial charge is 0.325 e. The van der Waals surface area contributed by atoms with E-state index in [0.29, 0.717) is 16.4 Å². The molecule has 0 aliphatic heterocycles. The molecule has 0 unspecified atom stereocenters. The van der Waals surface area contributed by atoms with Crippen LogP contribution in [0.15, 0.2) is 71.1 Å². The molecule has 3 N–H and O–H groups in total. The highest BCUT2D eigenvalue weighted by molar-refractivity contribution is 8.01. The molecule has 0 saturated carbocycles. The first kappa shape index (κ1) is 22.1. The van der Waals surface area contributed by atoms with Crippen LogP contribution in [0.3, 0.4) is 0 Å². The number of amides is 3. The highest BCUT2D eigenvalue weighted by Gasteiger charge is 2.10. The summed E-state index contributed by atoms with van der Waals surface area (Å²) in [5, 5.41) is 9.10. The van der Waals surface area contributed by atoms with Crippen molar-refractivity contribution in [1.29, 1.82) is 0 Å². The third kappa shape index (κ3) is 5.79. The molecular weight excluding hydrogens is 464 g/mol. The van der Waals surface area contributed by atoms with E-state index in [4.69, 9.17) is 11.6 Å². The van der Waals surface area contributed by atoms with Crippen LogP contribution < -0.4 is 16.0 Å². The summed E-state index contributed by atoms with van der Waals surface area (Å²) in [6, 6.07) is 19.7. The van der Waals surface area contributed by atoms with E-state index in [1.807, 2.05) is 43.3 Å². The van der Waals surface area contributed by atoms with Crippen LogP contribution in [0.25, 0.3) is 10.2 Å². The zero-order chi connectivity index (χ0) is 22.5. The van der Waals surface area contributed by atoms with E-state index in [1.165, 1.54) is 23.1 Å². The van der Waals surface area contributed by atoms with Gasteiger partial charge in [0.25, 0.3) is 0 Å². The van der Waals surface area contributed by atoms with Crippen LogP contribution in [0.5, 0.6) is 0 Å². The van der Waals surface area contributed by atoms with Gasteiger partial charge in [0, 0.05) is 22.1 Å². The van der Waals surface area contributed by atoms with Gasteiger partial charge >= 0.3 is 6.03 Å². The molecule has 0 spiro atoms. The third-order valence-electron chi connectivity index (χ3n) is 4.47. The monoisotopic (exact) mass is 482 g/mol. The fourth-order valence-electron chi connectivity index (χ4n) is 2.90. The summed E-state index contributed by atoms with van der Waals surface area (Å²) in [5.41, 5.74) is 3.95. The van der Waals surface area contributed by atoms with E-state index >= 15 is 0 Å². The highest BCUT2D eigenvalue weighted by Crippen LogP contribution is 2.31. The molecule has 1 aromatic heterocycles. The molecule has 0 saturated heterocycles. The van der Waals surface area contributed by atoms with Gasteiger partial charge in [0.2, 0.25) is 5.91 Å². The van der Waals surface area contributed by atoms with Crippen molar-refractivity contribution in [2.45, 2.75) is 11.3 Å². The molecule has 0 aliphatic carbocycles. The maximum Gasteiger partial charge on any atom is 0.323 e. The Morgan fingerprint density at radius 3 is 2.47 bits per heavy atom. The summed E-state index contributed by atoms with van der Waals surface area (Å²) in [6.45, 7) is 1.96. The predicted octanol–water partition coefficient (Wildman–Crippen LogP) is 6.63. The van der Waals surface area contributed by atoms with Crippen molar-refractivity contribution in [2.24, 2.45) is 0 Å². The summed E-state index contributed by atoms with van der Waals surface area (Å²) >= 11 is 8.73. The fourth-order valence-corrected chi connectivity index (χ4v) is 4.93. The number of rotatable bonds is 6. The van der Waals surface area contributed by atoms with Gasteiger partial charge in [-0.25, -0.2) is 9.78 Å². The van der Waals surface area contributed by atoms with Crippen molar-refractivity contribution in [2.75, 3.05) is 21.7 Å². The summed E-state index contributed by atoms with van der Waals surface area (Å²) in [7, 11) is 0. The molecule has 0 aliphatic rings. The van der Waals surface area contributed by atoms with Crippen LogP contribution in [0.2, 0.25) is 5.02 Å². The second-order valence-corrected chi connectivity index (χ2v) is 9.59.